The summed E-state index contributed by atoms with van der Waals surface area (Å²) in [7, 11) is 2.00. The van der Waals surface area contributed by atoms with E-state index >= 15 is 0 Å². The molecule has 130 valence electrons. The lowest BCUT2D eigenvalue weighted by Crippen LogP contribution is -2.44. The molecule has 0 spiro atoms. The zero-order valence-corrected chi connectivity index (χ0v) is 16.8. The molecule has 1 heterocycles. The molecule has 1 rings (SSSR count). The molecule has 1 unspecified atom stereocenters. The summed E-state index contributed by atoms with van der Waals surface area (Å²) in [6.45, 7) is 11.4. The number of hydrogen-bond donors (Lipinski definition) is 2. The van der Waals surface area contributed by atoms with E-state index in [2.05, 4.69) is 20.5 Å². The maximum absolute atomic E-state index is 11.9. The van der Waals surface area contributed by atoms with Crippen LogP contribution in [0.4, 0.5) is 0 Å². The molecule has 2 N–H and O–H groups in total. The fourth-order valence-electron chi connectivity index (χ4n) is 2.28. The van der Waals surface area contributed by atoms with Gasteiger partial charge in [0.2, 0.25) is 5.91 Å². The van der Waals surface area contributed by atoms with Gasteiger partial charge in [0.1, 0.15) is 6.54 Å². The Bertz CT molecular complexity index is 363. The molecule has 1 atom stereocenters. The predicted octanol–water partition coefficient (Wildman–Crippen LogP) is 1.45. The van der Waals surface area contributed by atoms with Crippen molar-refractivity contribution in [3.63, 3.8) is 0 Å². The lowest BCUT2D eigenvalue weighted by atomic mass is 10.1. The van der Waals surface area contributed by atoms with Crippen molar-refractivity contribution in [2.75, 3.05) is 39.9 Å². The summed E-state index contributed by atoms with van der Waals surface area (Å²) in [6, 6.07) is 0. The van der Waals surface area contributed by atoms with Gasteiger partial charge in [-0.2, -0.15) is 0 Å². The van der Waals surface area contributed by atoms with Gasteiger partial charge >= 0.3 is 0 Å². The average molecular weight is 426 g/mol. The normalized spacial score (nSPS) is 18.6. The zero-order chi connectivity index (χ0) is 15.9. The minimum atomic E-state index is -0.224. The topological polar surface area (TPSA) is 66.0 Å². The van der Waals surface area contributed by atoms with Crippen LogP contribution in [-0.2, 0) is 9.53 Å². The number of guanidine groups is 1. The van der Waals surface area contributed by atoms with Gasteiger partial charge in [0, 0.05) is 38.2 Å². The van der Waals surface area contributed by atoms with Crippen LogP contribution in [0.5, 0.6) is 0 Å². The summed E-state index contributed by atoms with van der Waals surface area (Å²) >= 11 is 0. The lowest BCUT2D eigenvalue weighted by Gasteiger charge is -2.25. The highest BCUT2D eigenvalue weighted by atomic mass is 127. The highest BCUT2D eigenvalue weighted by Gasteiger charge is 2.19. The number of carbonyl (C=O) groups excluding carboxylic acids is 1. The van der Waals surface area contributed by atoms with E-state index in [-0.39, 0.29) is 42.0 Å². The van der Waals surface area contributed by atoms with E-state index in [0.717, 1.165) is 38.7 Å². The summed E-state index contributed by atoms with van der Waals surface area (Å²) < 4.78 is 5.40. The van der Waals surface area contributed by atoms with Gasteiger partial charge < -0.3 is 20.3 Å². The molecular formula is C15H31IN4O2. The SMILES string of the molecule is CCNC(=NCC(=O)NC(C)(C)C)N(C)CC1CCOC1.I. The molecule has 1 amide bonds. The second kappa shape index (κ2) is 10.3. The Morgan fingerprint density at radius 2 is 2.09 bits per heavy atom. The Balaban J connectivity index is 0.00000441. The molecular weight excluding hydrogens is 395 g/mol. The van der Waals surface area contributed by atoms with Crippen molar-refractivity contribution in [2.45, 2.75) is 39.7 Å². The number of hydrogen-bond acceptors (Lipinski definition) is 3. The monoisotopic (exact) mass is 426 g/mol. The molecule has 0 aliphatic carbocycles. The van der Waals surface area contributed by atoms with Crippen molar-refractivity contribution < 1.29 is 9.53 Å². The van der Waals surface area contributed by atoms with E-state index in [0.29, 0.717) is 5.92 Å². The van der Waals surface area contributed by atoms with Crippen molar-refractivity contribution >= 4 is 35.8 Å². The molecule has 0 saturated carbocycles. The van der Waals surface area contributed by atoms with E-state index in [1.54, 1.807) is 0 Å². The van der Waals surface area contributed by atoms with Crippen molar-refractivity contribution in [3.8, 4) is 0 Å². The number of halogens is 1. The third kappa shape index (κ3) is 8.77. The van der Waals surface area contributed by atoms with Crippen LogP contribution in [-0.4, -0.2) is 62.2 Å². The van der Waals surface area contributed by atoms with Gasteiger partial charge in [-0.15, -0.1) is 24.0 Å². The van der Waals surface area contributed by atoms with Crippen LogP contribution >= 0.6 is 24.0 Å². The number of aliphatic imine (C=N–C) groups is 1. The Labute approximate surface area is 151 Å². The van der Waals surface area contributed by atoms with E-state index in [1.165, 1.54) is 0 Å². The first-order chi connectivity index (χ1) is 9.81. The molecule has 0 aromatic carbocycles. The van der Waals surface area contributed by atoms with Crippen LogP contribution in [0.25, 0.3) is 0 Å². The van der Waals surface area contributed by atoms with Gasteiger partial charge in [0.05, 0.1) is 6.61 Å². The summed E-state index contributed by atoms with van der Waals surface area (Å²) in [4.78, 5) is 18.3. The fourth-order valence-corrected chi connectivity index (χ4v) is 2.28. The van der Waals surface area contributed by atoms with Crippen LogP contribution in [0.2, 0.25) is 0 Å². The van der Waals surface area contributed by atoms with Crippen molar-refractivity contribution in [1.29, 1.82) is 0 Å². The molecule has 1 saturated heterocycles. The number of nitrogens with one attached hydrogen (secondary N) is 2. The highest BCUT2D eigenvalue weighted by molar-refractivity contribution is 14.0. The fraction of sp³-hybridized carbons (Fsp3) is 0.867. The first-order valence-electron chi connectivity index (χ1n) is 7.70. The van der Waals surface area contributed by atoms with Crippen LogP contribution in [0.3, 0.4) is 0 Å². The lowest BCUT2D eigenvalue weighted by molar-refractivity contribution is -0.121. The average Bonchev–Trinajstić information content (AvgIpc) is 2.84. The molecule has 1 fully saturated rings. The molecule has 0 aromatic rings. The second-order valence-electron chi connectivity index (χ2n) is 6.58. The number of nitrogens with zero attached hydrogens (tertiary/aromatic N) is 2. The van der Waals surface area contributed by atoms with Gasteiger partial charge in [-0.25, -0.2) is 4.99 Å². The van der Waals surface area contributed by atoms with Crippen LogP contribution in [0.15, 0.2) is 4.99 Å². The summed E-state index contributed by atoms with van der Waals surface area (Å²) in [5, 5.41) is 6.15. The van der Waals surface area contributed by atoms with Gasteiger partial charge in [-0.05, 0) is 34.1 Å². The number of carbonyl (C=O) groups is 1. The van der Waals surface area contributed by atoms with Crippen molar-refractivity contribution in [2.24, 2.45) is 10.9 Å². The Morgan fingerprint density at radius 1 is 1.41 bits per heavy atom. The molecule has 1 aliphatic rings. The number of rotatable bonds is 5. The summed E-state index contributed by atoms with van der Waals surface area (Å²) in [5.74, 6) is 1.26. The maximum atomic E-state index is 11.9. The summed E-state index contributed by atoms with van der Waals surface area (Å²) in [5.41, 5.74) is -0.224. The molecule has 0 radical (unpaired) electrons. The summed E-state index contributed by atoms with van der Waals surface area (Å²) in [6.07, 6.45) is 1.09. The molecule has 0 aromatic heterocycles. The molecule has 0 bridgehead atoms. The molecule has 6 nitrogen and oxygen atoms in total. The smallest absolute Gasteiger partial charge is 0.242 e. The quantitative estimate of drug-likeness (QED) is 0.397. The number of ether oxygens (including phenoxy) is 1. The first-order valence-corrected chi connectivity index (χ1v) is 7.70. The Hall–Kier alpha value is -0.570. The van der Waals surface area contributed by atoms with Crippen molar-refractivity contribution in [1.82, 2.24) is 15.5 Å². The Morgan fingerprint density at radius 3 is 2.59 bits per heavy atom. The van der Waals surface area contributed by atoms with Gasteiger partial charge in [0.15, 0.2) is 5.96 Å². The minimum Gasteiger partial charge on any atom is -0.381 e. The van der Waals surface area contributed by atoms with Crippen LogP contribution in [0.1, 0.15) is 34.1 Å². The maximum Gasteiger partial charge on any atom is 0.242 e. The van der Waals surface area contributed by atoms with Crippen LogP contribution in [0, 0.1) is 5.92 Å². The second-order valence-corrected chi connectivity index (χ2v) is 6.58. The number of amides is 1. The molecule has 7 heteroatoms. The highest BCUT2D eigenvalue weighted by Crippen LogP contribution is 2.13. The molecule has 1 aliphatic heterocycles. The van der Waals surface area contributed by atoms with Gasteiger partial charge in [-0.1, -0.05) is 0 Å². The Kier molecular flexibility index (Phi) is 9.99. The van der Waals surface area contributed by atoms with E-state index in [9.17, 15) is 4.79 Å². The minimum absolute atomic E-state index is 0. The predicted molar refractivity (Wildman–Crippen MR) is 101 cm³/mol. The van der Waals surface area contributed by atoms with Crippen LogP contribution < -0.4 is 10.6 Å². The zero-order valence-electron chi connectivity index (χ0n) is 14.4. The third-order valence-electron chi connectivity index (χ3n) is 3.14. The largest absolute Gasteiger partial charge is 0.381 e. The van der Waals surface area contributed by atoms with E-state index < -0.39 is 0 Å². The van der Waals surface area contributed by atoms with E-state index in [4.69, 9.17) is 4.74 Å². The molecule has 22 heavy (non-hydrogen) atoms. The standard InChI is InChI=1S/C15H30N4O2.HI/c1-6-16-14(17-9-13(20)18-15(2,3)4)19(5)10-12-7-8-21-11-12;/h12H,6-11H2,1-5H3,(H,16,17)(H,18,20);1H. The van der Waals surface area contributed by atoms with Crippen molar-refractivity contribution in [3.05, 3.63) is 0 Å². The third-order valence-corrected chi connectivity index (χ3v) is 3.14. The van der Waals surface area contributed by atoms with Gasteiger partial charge in [0.25, 0.3) is 0 Å². The first kappa shape index (κ1) is 21.4. The van der Waals surface area contributed by atoms with E-state index in [1.807, 2.05) is 34.7 Å². The van der Waals surface area contributed by atoms with Gasteiger partial charge in [-0.3, -0.25) is 4.79 Å².